The maximum absolute atomic E-state index is 12.3. The van der Waals surface area contributed by atoms with Crippen molar-refractivity contribution in [3.8, 4) is 0 Å². The standard InChI is InChI=1S/C11H15BrN4O3S/c1-3-13-6-9-4-10(11(12)19-9)20(17,18)15-8-5-14-16(2)7-8/h4-5,7,13,15H,3,6H2,1-2H3. The maximum atomic E-state index is 12.3. The van der Waals surface area contributed by atoms with E-state index in [4.69, 9.17) is 4.42 Å². The summed E-state index contributed by atoms with van der Waals surface area (Å²) in [5.41, 5.74) is 0.397. The molecule has 7 nitrogen and oxygen atoms in total. The highest BCUT2D eigenvalue weighted by atomic mass is 79.9. The van der Waals surface area contributed by atoms with Crippen LogP contribution in [0.2, 0.25) is 0 Å². The van der Waals surface area contributed by atoms with Gasteiger partial charge in [0.25, 0.3) is 10.0 Å². The van der Waals surface area contributed by atoms with Crippen LogP contribution in [0.1, 0.15) is 12.7 Å². The first-order valence-corrected chi connectivity index (χ1v) is 8.20. The van der Waals surface area contributed by atoms with Gasteiger partial charge < -0.3 is 9.73 Å². The smallest absolute Gasteiger partial charge is 0.266 e. The van der Waals surface area contributed by atoms with Crippen LogP contribution in [0.15, 0.2) is 32.4 Å². The van der Waals surface area contributed by atoms with E-state index in [0.29, 0.717) is 18.0 Å². The number of hydrogen-bond donors (Lipinski definition) is 2. The minimum atomic E-state index is -3.71. The molecule has 0 saturated carbocycles. The lowest BCUT2D eigenvalue weighted by Gasteiger charge is -2.02. The van der Waals surface area contributed by atoms with Gasteiger partial charge in [-0.15, -0.1) is 0 Å². The highest BCUT2D eigenvalue weighted by Crippen LogP contribution is 2.27. The lowest BCUT2D eigenvalue weighted by Crippen LogP contribution is -2.13. The molecule has 0 aliphatic rings. The Kier molecular flexibility index (Phi) is 4.51. The minimum absolute atomic E-state index is 0.0641. The molecule has 0 saturated heterocycles. The summed E-state index contributed by atoms with van der Waals surface area (Å²) in [5.74, 6) is 0.547. The summed E-state index contributed by atoms with van der Waals surface area (Å²) in [4.78, 5) is 0.0641. The Morgan fingerprint density at radius 2 is 2.25 bits per heavy atom. The maximum Gasteiger partial charge on any atom is 0.266 e. The van der Waals surface area contributed by atoms with Gasteiger partial charge >= 0.3 is 0 Å². The number of nitrogens with one attached hydrogen (secondary N) is 2. The van der Waals surface area contributed by atoms with Crippen molar-refractivity contribution >= 4 is 31.6 Å². The van der Waals surface area contributed by atoms with Crippen LogP contribution in [-0.4, -0.2) is 24.7 Å². The van der Waals surface area contributed by atoms with Gasteiger partial charge in [0.2, 0.25) is 0 Å². The number of anilines is 1. The summed E-state index contributed by atoms with van der Waals surface area (Å²) >= 11 is 3.13. The fourth-order valence-corrected chi connectivity index (χ4v) is 3.63. The Balaban J connectivity index is 2.22. The summed E-state index contributed by atoms with van der Waals surface area (Å²) in [6.45, 7) is 3.20. The molecule has 110 valence electrons. The SMILES string of the molecule is CCNCc1cc(S(=O)(=O)Nc2cnn(C)c2)c(Br)o1. The molecule has 0 amide bonds. The van der Waals surface area contributed by atoms with Crippen molar-refractivity contribution in [2.24, 2.45) is 7.05 Å². The van der Waals surface area contributed by atoms with Crippen LogP contribution in [0.4, 0.5) is 5.69 Å². The van der Waals surface area contributed by atoms with Crippen molar-refractivity contribution in [1.82, 2.24) is 15.1 Å². The summed E-state index contributed by atoms with van der Waals surface area (Å²) in [6.07, 6.45) is 3.01. The quantitative estimate of drug-likeness (QED) is 0.815. The molecule has 0 spiro atoms. The molecule has 9 heteroatoms. The molecule has 0 radical (unpaired) electrons. The van der Waals surface area contributed by atoms with E-state index >= 15 is 0 Å². The van der Waals surface area contributed by atoms with Crippen LogP contribution in [0, 0.1) is 0 Å². The Morgan fingerprint density at radius 1 is 1.50 bits per heavy atom. The molecule has 0 aliphatic carbocycles. The number of halogens is 1. The zero-order valence-corrected chi connectivity index (χ0v) is 13.5. The molecule has 0 bridgehead atoms. The van der Waals surface area contributed by atoms with Gasteiger partial charge in [-0.3, -0.25) is 9.40 Å². The number of hydrogen-bond acceptors (Lipinski definition) is 5. The number of rotatable bonds is 6. The number of nitrogens with zero attached hydrogens (tertiary/aromatic N) is 2. The molecule has 0 aliphatic heterocycles. The lowest BCUT2D eigenvalue weighted by molar-refractivity contribution is 0.464. The van der Waals surface area contributed by atoms with Crippen molar-refractivity contribution in [1.29, 1.82) is 0 Å². The topological polar surface area (TPSA) is 89.2 Å². The second-order valence-electron chi connectivity index (χ2n) is 4.14. The van der Waals surface area contributed by atoms with Gasteiger partial charge in [0.05, 0.1) is 18.4 Å². The third kappa shape index (κ3) is 3.41. The summed E-state index contributed by atoms with van der Waals surface area (Å²) in [7, 11) is -2.00. The van der Waals surface area contributed by atoms with Gasteiger partial charge in [0, 0.05) is 19.3 Å². The molecule has 0 unspecified atom stereocenters. The van der Waals surface area contributed by atoms with E-state index in [1.54, 1.807) is 13.2 Å². The molecule has 2 heterocycles. The van der Waals surface area contributed by atoms with Crippen LogP contribution in [0.3, 0.4) is 0 Å². The van der Waals surface area contributed by atoms with Crippen molar-refractivity contribution in [2.75, 3.05) is 11.3 Å². The third-order valence-electron chi connectivity index (χ3n) is 2.50. The van der Waals surface area contributed by atoms with Crippen LogP contribution >= 0.6 is 15.9 Å². The molecule has 2 rings (SSSR count). The van der Waals surface area contributed by atoms with E-state index in [1.807, 2.05) is 6.92 Å². The highest BCUT2D eigenvalue weighted by molar-refractivity contribution is 9.10. The second-order valence-corrected chi connectivity index (χ2v) is 6.51. The van der Waals surface area contributed by atoms with Crippen molar-refractivity contribution in [3.63, 3.8) is 0 Å². The molecule has 2 aromatic heterocycles. The van der Waals surface area contributed by atoms with Gasteiger partial charge in [-0.25, -0.2) is 8.42 Å². The van der Waals surface area contributed by atoms with Gasteiger partial charge in [-0.05, 0) is 22.5 Å². The summed E-state index contributed by atoms with van der Waals surface area (Å²) in [5, 5.41) is 6.97. The van der Waals surface area contributed by atoms with Crippen molar-refractivity contribution < 1.29 is 12.8 Å². The van der Waals surface area contributed by atoms with E-state index in [2.05, 4.69) is 31.1 Å². The zero-order chi connectivity index (χ0) is 14.8. The van der Waals surface area contributed by atoms with E-state index in [1.165, 1.54) is 16.9 Å². The predicted octanol–water partition coefficient (Wildman–Crippen LogP) is 1.69. The summed E-state index contributed by atoms with van der Waals surface area (Å²) in [6, 6.07) is 1.49. The second kappa shape index (κ2) is 5.98. The largest absolute Gasteiger partial charge is 0.451 e. The van der Waals surface area contributed by atoms with Gasteiger partial charge in [-0.1, -0.05) is 6.92 Å². The monoisotopic (exact) mass is 362 g/mol. The molecule has 2 aromatic rings. The molecular weight excluding hydrogens is 348 g/mol. The van der Waals surface area contributed by atoms with E-state index < -0.39 is 10.0 Å². The molecule has 0 atom stereocenters. The predicted molar refractivity (Wildman–Crippen MR) is 77.8 cm³/mol. The average Bonchev–Trinajstić information content (AvgIpc) is 2.93. The molecule has 0 aromatic carbocycles. The van der Waals surface area contributed by atoms with Crippen LogP contribution < -0.4 is 10.0 Å². The van der Waals surface area contributed by atoms with Crippen LogP contribution in [0.5, 0.6) is 0 Å². The van der Waals surface area contributed by atoms with Gasteiger partial charge in [0.1, 0.15) is 10.7 Å². The Hall–Kier alpha value is -1.32. The number of aryl methyl sites for hydroxylation is 1. The Labute approximate surface area is 125 Å². The third-order valence-corrected chi connectivity index (χ3v) is 4.74. The first kappa shape index (κ1) is 15.1. The molecule has 20 heavy (non-hydrogen) atoms. The number of furan rings is 1. The zero-order valence-electron chi connectivity index (χ0n) is 11.1. The van der Waals surface area contributed by atoms with Crippen LogP contribution in [-0.2, 0) is 23.6 Å². The van der Waals surface area contributed by atoms with E-state index in [9.17, 15) is 8.42 Å². The van der Waals surface area contributed by atoms with Crippen molar-refractivity contribution in [2.45, 2.75) is 18.4 Å². The number of aromatic nitrogens is 2. The Bertz CT molecular complexity index is 692. The summed E-state index contributed by atoms with van der Waals surface area (Å²) < 4.78 is 34.0. The molecule has 2 N–H and O–H groups in total. The van der Waals surface area contributed by atoms with Gasteiger partial charge in [-0.2, -0.15) is 5.10 Å². The minimum Gasteiger partial charge on any atom is -0.451 e. The van der Waals surface area contributed by atoms with Crippen molar-refractivity contribution in [3.05, 3.63) is 28.9 Å². The molecular formula is C11H15BrN4O3S. The van der Waals surface area contributed by atoms with E-state index in [0.717, 1.165) is 6.54 Å². The lowest BCUT2D eigenvalue weighted by atomic mass is 10.4. The highest BCUT2D eigenvalue weighted by Gasteiger charge is 2.23. The number of sulfonamides is 1. The fraction of sp³-hybridized carbons (Fsp3) is 0.364. The Morgan fingerprint density at radius 3 is 2.85 bits per heavy atom. The average molecular weight is 363 g/mol. The van der Waals surface area contributed by atoms with E-state index in [-0.39, 0.29) is 9.56 Å². The van der Waals surface area contributed by atoms with Gasteiger partial charge in [0.15, 0.2) is 4.67 Å². The first-order valence-electron chi connectivity index (χ1n) is 5.92. The van der Waals surface area contributed by atoms with Crippen LogP contribution in [0.25, 0.3) is 0 Å². The fourth-order valence-electron chi connectivity index (χ4n) is 1.60. The normalized spacial score (nSPS) is 11.8. The molecule has 0 fully saturated rings. The first-order chi connectivity index (χ1) is 9.42.